The summed E-state index contributed by atoms with van der Waals surface area (Å²) in [5, 5.41) is 2.79. The molecule has 1 N–H and O–H groups in total. The average Bonchev–Trinajstić information content (AvgIpc) is 2.60. The monoisotopic (exact) mass is 369 g/mol. The Morgan fingerprint density at radius 1 is 0.926 bits per heavy atom. The van der Waals surface area contributed by atoms with Crippen LogP contribution in [-0.2, 0) is 27.3 Å². The normalized spacial score (nSPS) is 12.1. The highest BCUT2D eigenvalue weighted by atomic mass is 16.6. The van der Waals surface area contributed by atoms with Crippen molar-refractivity contribution in [1.82, 2.24) is 5.32 Å². The molecule has 0 radical (unpaired) electrons. The van der Waals surface area contributed by atoms with Crippen LogP contribution in [0.15, 0.2) is 60.7 Å². The van der Waals surface area contributed by atoms with Gasteiger partial charge in [-0.1, -0.05) is 60.7 Å². The molecule has 0 bridgehead atoms. The van der Waals surface area contributed by atoms with Crippen molar-refractivity contribution in [3.05, 3.63) is 71.8 Å². The summed E-state index contributed by atoms with van der Waals surface area (Å²) < 4.78 is 10.7. The highest BCUT2D eigenvalue weighted by molar-refractivity contribution is 5.73. The fourth-order valence-electron chi connectivity index (χ4n) is 2.59. The molecule has 1 amide bonds. The number of rotatable bonds is 7. The van der Waals surface area contributed by atoms with Gasteiger partial charge in [0.05, 0.1) is 6.42 Å². The first kappa shape index (κ1) is 20.5. The van der Waals surface area contributed by atoms with E-state index < -0.39 is 17.7 Å². The van der Waals surface area contributed by atoms with E-state index >= 15 is 0 Å². The van der Waals surface area contributed by atoms with Crippen LogP contribution in [0.2, 0.25) is 0 Å². The maximum atomic E-state index is 12.2. The lowest BCUT2D eigenvalue weighted by molar-refractivity contribution is -0.155. The fraction of sp³-hybridized carbons (Fsp3) is 0.364. The Morgan fingerprint density at radius 3 is 2.04 bits per heavy atom. The Labute approximate surface area is 160 Å². The van der Waals surface area contributed by atoms with Crippen LogP contribution in [0.25, 0.3) is 0 Å². The Hall–Kier alpha value is -2.82. The third-order valence-corrected chi connectivity index (χ3v) is 3.69. The minimum atomic E-state index is -0.567. The molecule has 0 heterocycles. The van der Waals surface area contributed by atoms with Crippen LogP contribution in [0, 0.1) is 0 Å². The second-order valence-corrected chi connectivity index (χ2v) is 7.38. The molecule has 5 heteroatoms. The molecule has 0 aliphatic heterocycles. The van der Waals surface area contributed by atoms with E-state index in [1.807, 2.05) is 81.4 Å². The minimum absolute atomic E-state index is 0.0760. The van der Waals surface area contributed by atoms with E-state index in [-0.39, 0.29) is 19.0 Å². The van der Waals surface area contributed by atoms with Gasteiger partial charge < -0.3 is 14.8 Å². The minimum Gasteiger partial charge on any atom is -0.460 e. The SMILES string of the molecule is CC(C)(C)OC(=O)C[C@H](Cc1ccccc1)NC(=O)OCc1ccccc1. The molecule has 2 rings (SSSR count). The Balaban J connectivity index is 1.95. The molecule has 0 unspecified atom stereocenters. The molecule has 144 valence electrons. The van der Waals surface area contributed by atoms with Gasteiger partial charge in [0.1, 0.15) is 12.2 Å². The molecule has 2 aromatic carbocycles. The smallest absolute Gasteiger partial charge is 0.407 e. The molecular weight excluding hydrogens is 342 g/mol. The summed E-state index contributed by atoms with van der Waals surface area (Å²) in [7, 11) is 0. The van der Waals surface area contributed by atoms with Gasteiger partial charge in [-0.15, -0.1) is 0 Å². The predicted octanol–water partition coefficient (Wildman–Crippen LogP) is 4.26. The zero-order valence-corrected chi connectivity index (χ0v) is 16.1. The number of esters is 1. The number of benzene rings is 2. The van der Waals surface area contributed by atoms with Gasteiger partial charge >= 0.3 is 12.1 Å². The summed E-state index contributed by atoms with van der Waals surface area (Å²) in [5.74, 6) is -0.355. The van der Waals surface area contributed by atoms with E-state index in [0.717, 1.165) is 11.1 Å². The van der Waals surface area contributed by atoms with E-state index in [2.05, 4.69) is 5.32 Å². The highest BCUT2D eigenvalue weighted by Gasteiger charge is 2.22. The topological polar surface area (TPSA) is 64.6 Å². The third-order valence-electron chi connectivity index (χ3n) is 3.69. The van der Waals surface area contributed by atoms with Crippen molar-refractivity contribution < 1.29 is 19.1 Å². The quantitative estimate of drug-likeness (QED) is 0.741. The molecule has 27 heavy (non-hydrogen) atoms. The van der Waals surface area contributed by atoms with Gasteiger partial charge in [0.2, 0.25) is 0 Å². The van der Waals surface area contributed by atoms with Crippen molar-refractivity contribution in [3.8, 4) is 0 Å². The Bertz CT molecular complexity index is 723. The summed E-state index contributed by atoms with van der Waals surface area (Å²) in [6, 6.07) is 18.7. The number of amides is 1. The highest BCUT2D eigenvalue weighted by Crippen LogP contribution is 2.12. The summed E-state index contributed by atoms with van der Waals surface area (Å²) in [5.41, 5.74) is 1.36. The molecule has 0 spiro atoms. The maximum Gasteiger partial charge on any atom is 0.407 e. The van der Waals surface area contributed by atoms with Crippen LogP contribution in [-0.4, -0.2) is 23.7 Å². The predicted molar refractivity (Wildman–Crippen MR) is 104 cm³/mol. The molecule has 0 fully saturated rings. The number of alkyl carbamates (subject to hydrolysis) is 1. The van der Waals surface area contributed by atoms with E-state index in [9.17, 15) is 9.59 Å². The first-order chi connectivity index (χ1) is 12.8. The van der Waals surface area contributed by atoms with Crippen molar-refractivity contribution in [3.63, 3.8) is 0 Å². The lowest BCUT2D eigenvalue weighted by Gasteiger charge is -2.23. The van der Waals surface area contributed by atoms with Gasteiger partial charge in [-0.3, -0.25) is 4.79 Å². The first-order valence-corrected chi connectivity index (χ1v) is 9.05. The lowest BCUT2D eigenvalue weighted by Crippen LogP contribution is -2.39. The van der Waals surface area contributed by atoms with E-state index in [1.54, 1.807) is 0 Å². The second kappa shape index (κ2) is 9.76. The number of carbonyl (C=O) groups excluding carboxylic acids is 2. The van der Waals surface area contributed by atoms with Crippen LogP contribution >= 0.6 is 0 Å². The molecule has 0 saturated heterocycles. The van der Waals surface area contributed by atoms with Gasteiger partial charge in [-0.05, 0) is 38.3 Å². The molecule has 1 atom stereocenters. The van der Waals surface area contributed by atoms with Gasteiger partial charge in [0.25, 0.3) is 0 Å². The zero-order valence-electron chi connectivity index (χ0n) is 16.1. The van der Waals surface area contributed by atoms with Crippen molar-refractivity contribution in [2.45, 2.75) is 51.9 Å². The second-order valence-electron chi connectivity index (χ2n) is 7.38. The number of ether oxygens (including phenoxy) is 2. The zero-order chi connectivity index (χ0) is 19.7. The summed E-state index contributed by atoms with van der Waals surface area (Å²) in [6.45, 7) is 5.63. The third kappa shape index (κ3) is 8.40. The number of carbonyl (C=O) groups is 2. The molecule has 0 aliphatic rings. The molecule has 5 nitrogen and oxygen atoms in total. The number of hydrogen-bond acceptors (Lipinski definition) is 4. The van der Waals surface area contributed by atoms with Crippen molar-refractivity contribution in [1.29, 1.82) is 0 Å². The van der Waals surface area contributed by atoms with E-state index in [4.69, 9.17) is 9.47 Å². The van der Waals surface area contributed by atoms with Crippen LogP contribution in [0.5, 0.6) is 0 Å². The van der Waals surface area contributed by atoms with Crippen molar-refractivity contribution in [2.75, 3.05) is 0 Å². The van der Waals surface area contributed by atoms with Gasteiger partial charge in [-0.2, -0.15) is 0 Å². The van der Waals surface area contributed by atoms with Crippen LogP contribution < -0.4 is 5.32 Å². The number of nitrogens with one attached hydrogen (secondary N) is 1. The summed E-state index contributed by atoms with van der Waals surface area (Å²) in [6.07, 6.45) is 0.0379. The summed E-state index contributed by atoms with van der Waals surface area (Å²) >= 11 is 0. The van der Waals surface area contributed by atoms with Gasteiger partial charge in [-0.25, -0.2) is 4.79 Å². The Kier molecular flexibility index (Phi) is 7.41. The number of hydrogen-bond donors (Lipinski definition) is 1. The maximum absolute atomic E-state index is 12.2. The Morgan fingerprint density at radius 2 is 1.48 bits per heavy atom. The van der Waals surface area contributed by atoms with Crippen LogP contribution in [0.1, 0.15) is 38.3 Å². The van der Waals surface area contributed by atoms with E-state index in [1.165, 1.54) is 0 Å². The summed E-state index contributed by atoms with van der Waals surface area (Å²) in [4.78, 5) is 24.4. The lowest BCUT2D eigenvalue weighted by atomic mass is 10.0. The van der Waals surface area contributed by atoms with Crippen molar-refractivity contribution >= 4 is 12.1 Å². The van der Waals surface area contributed by atoms with Crippen molar-refractivity contribution in [2.24, 2.45) is 0 Å². The molecule has 0 aromatic heterocycles. The van der Waals surface area contributed by atoms with Gasteiger partial charge in [0.15, 0.2) is 0 Å². The van der Waals surface area contributed by atoms with Crippen LogP contribution in [0.4, 0.5) is 4.79 Å². The molecular formula is C22H27NO4. The first-order valence-electron chi connectivity index (χ1n) is 9.05. The fourth-order valence-corrected chi connectivity index (χ4v) is 2.59. The van der Waals surface area contributed by atoms with Gasteiger partial charge in [0, 0.05) is 6.04 Å². The standard InChI is InChI=1S/C22H27NO4/c1-22(2,3)27-20(24)15-19(14-17-10-6-4-7-11-17)23-21(25)26-16-18-12-8-5-9-13-18/h4-13,19H,14-16H2,1-3H3,(H,23,25)/t19-/m0/s1. The molecule has 0 saturated carbocycles. The molecule has 0 aliphatic carbocycles. The average molecular weight is 369 g/mol. The van der Waals surface area contributed by atoms with Crippen LogP contribution in [0.3, 0.4) is 0 Å². The van der Waals surface area contributed by atoms with E-state index in [0.29, 0.717) is 6.42 Å². The molecule has 2 aromatic rings. The largest absolute Gasteiger partial charge is 0.460 e.